The third kappa shape index (κ3) is 5.90. The van der Waals surface area contributed by atoms with Crippen LogP contribution in [0.15, 0.2) is 18.2 Å². The van der Waals surface area contributed by atoms with Gasteiger partial charge in [-0.2, -0.15) is 0 Å². The second-order valence-electron chi connectivity index (χ2n) is 6.03. The summed E-state index contributed by atoms with van der Waals surface area (Å²) in [7, 11) is 0. The van der Waals surface area contributed by atoms with Crippen molar-refractivity contribution in [3.8, 4) is 0 Å². The lowest BCUT2D eigenvalue weighted by Gasteiger charge is -2.30. The Hall–Kier alpha value is -1.79. The monoisotopic (exact) mass is 386 g/mol. The maximum absolute atomic E-state index is 12.0. The normalized spacial score (nSPS) is 14.9. The summed E-state index contributed by atoms with van der Waals surface area (Å²) in [5.41, 5.74) is 0.206. The first-order valence-corrected chi connectivity index (χ1v) is 8.79. The van der Waals surface area contributed by atoms with Crippen LogP contribution in [0.5, 0.6) is 0 Å². The van der Waals surface area contributed by atoms with Crippen molar-refractivity contribution < 1.29 is 19.1 Å². The van der Waals surface area contributed by atoms with Crippen molar-refractivity contribution in [1.29, 1.82) is 0 Å². The van der Waals surface area contributed by atoms with Crippen LogP contribution in [0.1, 0.15) is 30.1 Å². The lowest BCUT2D eigenvalue weighted by atomic mass is 9.99. The van der Waals surface area contributed by atoms with E-state index in [1.807, 2.05) is 0 Å². The van der Waals surface area contributed by atoms with Gasteiger partial charge in [-0.3, -0.25) is 14.4 Å². The predicted molar refractivity (Wildman–Crippen MR) is 94.7 cm³/mol. The molecule has 0 spiro atoms. The second kappa shape index (κ2) is 9.06. The fraction of sp³-hybridized carbons (Fsp3) is 0.471. The molecule has 0 aliphatic carbocycles. The molecular weight excluding hydrogens is 367 g/mol. The highest BCUT2D eigenvalue weighted by atomic mass is 35.5. The minimum atomic E-state index is -0.683. The van der Waals surface area contributed by atoms with Gasteiger partial charge in [-0.05, 0) is 37.0 Å². The van der Waals surface area contributed by atoms with E-state index in [9.17, 15) is 14.4 Å². The summed E-state index contributed by atoms with van der Waals surface area (Å²) in [4.78, 5) is 37.3. The van der Waals surface area contributed by atoms with Crippen LogP contribution in [0, 0.1) is 5.92 Å². The van der Waals surface area contributed by atoms with E-state index in [0.717, 1.165) is 12.8 Å². The standard InChI is InChI=1S/C17H20Cl2N2O4/c1-11-4-6-21(7-5-11)15(22)10-25-16(23)9-20-17(24)13-3-2-12(18)8-14(13)19/h2-3,8,11H,4-7,9-10H2,1H3,(H,20,24). The lowest BCUT2D eigenvalue weighted by molar-refractivity contribution is -0.151. The molecular formula is C17H20Cl2N2O4. The van der Waals surface area contributed by atoms with Crippen LogP contribution in [0.3, 0.4) is 0 Å². The summed E-state index contributed by atoms with van der Waals surface area (Å²) in [6, 6.07) is 4.43. The zero-order valence-corrected chi connectivity index (χ0v) is 15.4. The van der Waals surface area contributed by atoms with E-state index < -0.39 is 11.9 Å². The van der Waals surface area contributed by atoms with Crippen LogP contribution in [-0.2, 0) is 14.3 Å². The number of rotatable bonds is 5. The second-order valence-corrected chi connectivity index (χ2v) is 6.87. The van der Waals surface area contributed by atoms with Gasteiger partial charge in [0.05, 0.1) is 10.6 Å². The molecule has 25 heavy (non-hydrogen) atoms. The molecule has 136 valence electrons. The summed E-state index contributed by atoms with van der Waals surface area (Å²) in [6.07, 6.45) is 1.91. The van der Waals surface area contributed by atoms with Gasteiger partial charge in [-0.25, -0.2) is 0 Å². The molecule has 0 atom stereocenters. The fourth-order valence-corrected chi connectivity index (χ4v) is 2.96. The van der Waals surface area contributed by atoms with E-state index in [1.54, 1.807) is 4.90 Å². The fourth-order valence-electron chi connectivity index (χ4n) is 2.46. The van der Waals surface area contributed by atoms with Crippen LogP contribution in [0.2, 0.25) is 10.0 Å². The average Bonchev–Trinajstić information content (AvgIpc) is 2.58. The Morgan fingerprint density at radius 2 is 1.92 bits per heavy atom. The van der Waals surface area contributed by atoms with Crippen molar-refractivity contribution in [1.82, 2.24) is 10.2 Å². The number of carbonyl (C=O) groups excluding carboxylic acids is 3. The first-order chi connectivity index (χ1) is 11.9. The van der Waals surface area contributed by atoms with Crippen molar-refractivity contribution >= 4 is 41.0 Å². The van der Waals surface area contributed by atoms with Crippen molar-refractivity contribution in [2.45, 2.75) is 19.8 Å². The summed E-state index contributed by atoms with van der Waals surface area (Å²) < 4.78 is 4.92. The van der Waals surface area contributed by atoms with Gasteiger partial charge in [-0.15, -0.1) is 0 Å². The Kier molecular flexibility index (Phi) is 7.08. The summed E-state index contributed by atoms with van der Waals surface area (Å²) in [5.74, 6) is -0.805. The number of benzene rings is 1. The number of hydrogen-bond donors (Lipinski definition) is 1. The highest BCUT2D eigenvalue weighted by Crippen LogP contribution is 2.20. The maximum Gasteiger partial charge on any atom is 0.325 e. The zero-order valence-electron chi connectivity index (χ0n) is 13.9. The number of piperidine rings is 1. The molecule has 1 aromatic carbocycles. The zero-order chi connectivity index (χ0) is 18.4. The first kappa shape index (κ1) is 19.5. The van der Waals surface area contributed by atoms with Crippen LogP contribution < -0.4 is 5.32 Å². The predicted octanol–water partition coefficient (Wildman–Crippen LogP) is 2.52. The van der Waals surface area contributed by atoms with Crippen molar-refractivity contribution in [2.75, 3.05) is 26.2 Å². The van der Waals surface area contributed by atoms with Gasteiger partial charge in [0.15, 0.2) is 6.61 Å². The Morgan fingerprint density at radius 3 is 2.56 bits per heavy atom. The number of amides is 2. The van der Waals surface area contributed by atoms with E-state index in [0.29, 0.717) is 24.0 Å². The van der Waals surface area contributed by atoms with Gasteiger partial charge < -0.3 is 15.0 Å². The van der Waals surface area contributed by atoms with Crippen LogP contribution >= 0.6 is 23.2 Å². The lowest BCUT2D eigenvalue weighted by Crippen LogP contribution is -2.41. The molecule has 2 rings (SSSR count). The van der Waals surface area contributed by atoms with E-state index in [2.05, 4.69) is 12.2 Å². The molecule has 2 amide bonds. The Morgan fingerprint density at radius 1 is 1.24 bits per heavy atom. The number of nitrogens with one attached hydrogen (secondary N) is 1. The third-order valence-corrected chi connectivity index (χ3v) is 4.61. The average molecular weight is 387 g/mol. The van der Waals surface area contributed by atoms with Gasteiger partial charge in [0.2, 0.25) is 0 Å². The molecule has 0 bridgehead atoms. The van der Waals surface area contributed by atoms with Gasteiger partial charge in [-0.1, -0.05) is 30.1 Å². The van der Waals surface area contributed by atoms with Gasteiger partial charge in [0, 0.05) is 18.1 Å². The number of ether oxygens (including phenoxy) is 1. The van der Waals surface area contributed by atoms with Gasteiger partial charge in [0.25, 0.3) is 11.8 Å². The number of nitrogens with zero attached hydrogens (tertiary/aromatic N) is 1. The molecule has 1 aliphatic heterocycles. The maximum atomic E-state index is 12.0. The summed E-state index contributed by atoms with van der Waals surface area (Å²) in [6.45, 7) is 2.86. The largest absolute Gasteiger partial charge is 0.454 e. The minimum Gasteiger partial charge on any atom is -0.454 e. The Labute approximate surface area is 156 Å². The molecule has 1 fully saturated rings. The highest BCUT2D eigenvalue weighted by molar-refractivity contribution is 6.36. The number of esters is 1. The molecule has 1 heterocycles. The highest BCUT2D eigenvalue weighted by Gasteiger charge is 2.21. The van der Waals surface area contributed by atoms with Crippen molar-refractivity contribution in [2.24, 2.45) is 5.92 Å². The molecule has 0 aromatic heterocycles. The summed E-state index contributed by atoms with van der Waals surface area (Å²) >= 11 is 11.7. The number of halogens is 2. The summed E-state index contributed by atoms with van der Waals surface area (Å²) in [5, 5.41) is 3.00. The molecule has 8 heteroatoms. The SMILES string of the molecule is CC1CCN(C(=O)COC(=O)CNC(=O)c2ccc(Cl)cc2Cl)CC1. The molecule has 1 saturated heterocycles. The van der Waals surface area contributed by atoms with Crippen LogP contribution in [0.25, 0.3) is 0 Å². The molecule has 1 N–H and O–H groups in total. The molecule has 0 radical (unpaired) electrons. The van der Waals surface area contributed by atoms with Gasteiger partial charge in [0.1, 0.15) is 6.54 Å². The minimum absolute atomic E-state index is 0.188. The molecule has 1 aliphatic rings. The molecule has 0 saturated carbocycles. The quantitative estimate of drug-likeness (QED) is 0.788. The van der Waals surface area contributed by atoms with E-state index in [4.69, 9.17) is 27.9 Å². The van der Waals surface area contributed by atoms with Crippen molar-refractivity contribution in [3.05, 3.63) is 33.8 Å². The van der Waals surface area contributed by atoms with Crippen LogP contribution in [0.4, 0.5) is 0 Å². The van der Waals surface area contributed by atoms with E-state index in [-0.39, 0.29) is 29.6 Å². The Balaban J connectivity index is 1.73. The van der Waals surface area contributed by atoms with E-state index in [1.165, 1.54) is 18.2 Å². The third-order valence-electron chi connectivity index (χ3n) is 4.06. The molecule has 1 aromatic rings. The molecule has 6 nitrogen and oxygen atoms in total. The topological polar surface area (TPSA) is 75.7 Å². The van der Waals surface area contributed by atoms with E-state index >= 15 is 0 Å². The Bertz CT molecular complexity index is 658. The number of likely N-dealkylation sites (tertiary alicyclic amines) is 1. The number of carbonyl (C=O) groups is 3. The smallest absolute Gasteiger partial charge is 0.325 e. The van der Waals surface area contributed by atoms with Crippen molar-refractivity contribution in [3.63, 3.8) is 0 Å². The molecule has 0 unspecified atom stereocenters. The number of hydrogen-bond acceptors (Lipinski definition) is 4. The van der Waals surface area contributed by atoms with Crippen LogP contribution in [-0.4, -0.2) is 48.9 Å². The first-order valence-electron chi connectivity index (χ1n) is 8.03. The van der Waals surface area contributed by atoms with Gasteiger partial charge >= 0.3 is 5.97 Å².